The highest BCUT2D eigenvalue weighted by Crippen LogP contribution is 2.30. The Morgan fingerprint density at radius 3 is 2.33 bits per heavy atom. The zero-order valence-corrected chi connectivity index (χ0v) is 16.8. The number of carbonyl (C=O) groups excluding carboxylic acids is 2. The molecule has 0 aliphatic heterocycles. The highest BCUT2D eigenvalue weighted by atomic mass is 32.2. The molecule has 11 heteroatoms. The summed E-state index contributed by atoms with van der Waals surface area (Å²) >= 11 is 0. The number of amides is 1. The summed E-state index contributed by atoms with van der Waals surface area (Å²) < 4.78 is 69.3. The number of nitrogens with one attached hydrogen (secondary N) is 2. The van der Waals surface area contributed by atoms with Gasteiger partial charge in [0.05, 0.1) is 10.5 Å². The molecule has 30 heavy (non-hydrogen) atoms. The molecule has 2 N–H and O–H groups in total. The van der Waals surface area contributed by atoms with E-state index < -0.39 is 46.3 Å². The van der Waals surface area contributed by atoms with E-state index in [0.29, 0.717) is 0 Å². The van der Waals surface area contributed by atoms with Crippen LogP contribution < -0.4 is 10.0 Å². The molecule has 2 rings (SSSR count). The molecule has 0 heterocycles. The number of sulfonamides is 1. The lowest BCUT2D eigenvalue weighted by atomic mass is 10.2. The van der Waals surface area contributed by atoms with Gasteiger partial charge in [0.25, 0.3) is 5.91 Å². The third-order valence-electron chi connectivity index (χ3n) is 3.87. The molecule has 0 bridgehead atoms. The van der Waals surface area contributed by atoms with Gasteiger partial charge in [0.1, 0.15) is 6.54 Å². The molecule has 1 amide bonds. The average Bonchev–Trinajstić information content (AvgIpc) is 2.66. The van der Waals surface area contributed by atoms with Crippen molar-refractivity contribution in [2.24, 2.45) is 0 Å². The van der Waals surface area contributed by atoms with Crippen LogP contribution in [-0.2, 0) is 30.5 Å². The van der Waals surface area contributed by atoms with Crippen LogP contribution in [0.4, 0.5) is 18.9 Å². The largest absolute Gasteiger partial charge is 0.452 e. The average molecular weight is 444 g/mol. The van der Waals surface area contributed by atoms with Crippen LogP contribution in [0.25, 0.3) is 0 Å². The predicted octanol–water partition coefficient (Wildman–Crippen LogP) is 2.86. The van der Waals surface area contributed by atoms with Crippen molar-refractivity contribution in [2.45, 2.75) is 31.0 Å². The first-order valence-electron chi connectivity index (χ1n) is 8.62. The molecule has 1 atom stereocenters. The van der Waals surface area contributed by atoms with E-state index in [1.807, 2.05) is 0 Å². The van der Waals surface area contributed by atoms with E-state index in [0.717, 1.165) is 23.8 Å². The van der Waals surface area contributed by atoms with Crippen LogP contribution in [0.2, 0.25) is 0 Å². The van der Waals surface area contributed by atoms with Crippen molar-refractivity contribution in [3.63, 3.8) is 0 Å². The number of hydrogen-bond acceptors (Lipinski definition) is 5. The number of anilines is 1. The molecule has 7 nitrogen and oxygen atoms in total. The Kier molecular flexibility index (Phi) is 7.21. The van der Waals surface area contributed by atoms with Crippen LogP contribution in [0.1, 0.15) is 18.1 Å². The molecular formula is C19H19F3N2O5S. The van der Waals surface area contributed by atoms with E-state index in [1.54, 1.807) is 19.1 Å². The first kappa shape index (κ1) is 23.4. The van der Waals surface area contributed by atoms with E-state index in [2.05, 4.69) is 10.0 Å². The Morgan fingerprint density at radius 1 is 1.10 bits per heavy atom. The maximum Gasteiger partial charge on any atom is 0.416 e. The summed E-state index contributed by atoms with van der Waals surface area (Å²) in [6.07, 6.45) is -5.94. The molecule has 0 aromatic heterocycles. The molecule has 0 radical (unpaired) electrons. The van der Waals surface area contributed by atoms with Gasteiger partial charge in [-0.3, -0.25) is 9.59 Å². The van der Waals surface area contributed by atoms with Crippen molar-refractivity contribution in [1.82, 2.24) is 4.72 Å². The Balaban J connectivity index is 1.91. The van der Waals surface area contributed by atoms with Gasteiger partial charge in [-0.1, -0.05) is 23.8 Å². The van der Waals surface area contributed by atoms with E-state index in [4.69, 9.17) is 4.74 Å². The Hall–Kier alpha value is -2.92. The normalized spacial score (nSPS) is 12.8. The van der Waals surface area contributed by atoms with Gasteiger partial charge in [0.2, 0.25) is 10.0 Å². The van der Waals surface area contributed by atoms with Gasteiger partial charge in [-0.15, -0.1) is 0 Å². The van der Waals surface area contributed by atoms with Crippen LogP contribution in [0.5, 0.6) is 0 Å². The zero-order valence-electron chi connectivity index (χ0n) is 16.0. The SMILES string of the molecule is Cc1ccc(S(=O)(=O)NCC(=O)OC(C)C(=O)Nc2cccc(C(F)(F)F)c2)cc1. The number of alkyl halides is 3. The van der Waals surface area contributed by atoms with Crippen molar-refractivity contribution < 1.29 is 35.9 Å². The molecule has 0 aliphatic rings. The van der Waals surface area contributed by atoms with E-state index in [-0.39, 0.29) is 10.6 Å². The van der Waals surface area contributed by atoms with Gasteiger partial charge in [-0.25, -0.2) is 8.42 Å². The van der Waals surface area contributed by atoms with E-state index in [1.165, 1.54) is 25.1 Å². The number of hydrogen-bond donors (Lipinski definition) is 2. The Labute approximate surface area is 171 Å². The fourth-order valence-electron chi connectivity index (χ4n) is 2.26. The number of aryl methyl sites for hydroxylation is 1. The number of rotatable bonds is 7. The minimum absolute atomic E-state index is 0.0452. The summed E-state index contributed by atoms with van der Waals surface area (Å²) in [6.45, 7) is 2.26. The lowest BCUT2D eigenvalue weighted by Crippen LogP contribution is -2.35. The lowest BCUT2D eigenvalue weighted by Gasteiger charge is -2.15. The maximum atomic E-state index is 12.7. The van der Waals surface area contributed by atoms with Crippen molar-refractivity contribution in [3.05, 3.63) is 59.7 Å². The highest BCUT2D eigenvalue weighted by Gasteiger charge is 2.30. The van der Waals surface area contributed by atoms with Gasteiger partial charge in [0, 0.05) is 5.69 Å². The molecular weight excluding hydrogens is 425 g/mol. The molecule has 1 unspecified atom stereocenters. The van der Waals surface area contributed by atoms with Crippen LogP contribution in [0.3, 0.4) is 0 Å². The summed E-state index contributed by atoms with van der Waals surface area (Å²) in [5.41, 5.74) is -0.220. The minimum Gasteiger partial charge on any atom is -0.452 e. The number of esters is 1. The van der Waals surface area contributed by atoms with Crippen LogP contribution >= 0.6 is 0 Å². The summed E-state index contributed by atoms with van der Waals surface area (Å²) in [7, 11) is -3.95. The summed E-state index contributed by atoms with van der Waals surface area (Å²) in [6, 6.07) is 9.87. The zero-order chi connectivity index (χ0) is 22.5. The van der Waals surface area contributed by atoms with Crippen molar-refractivity contribution in [1.29, 1.82) is 0 Å². The molecule has 0 saturated heterocycles. The molecule has 0 fully saturated rings. The van der Waals surface area contributed by atoms with Gasteiger partial charge in [0.15, 0.2) is 6.10 Å². The second kappa shape index (κ2) is 9.26. The Bertz CT molecular complexity index is 1020. The van der Waals surface area contributed by atoms with Crippen LogP contribution in [0.15, 0.2) is 53.4 Å². The second-order valence-electron chi connectivity index (χ2n) is 6.34. The molecule has 2 aromatic rings. The van der Waals surface area contributed by atoms with Gasteiger partial charge >= 0.3 is 12.1 Å². The molecule has 2 aromatic carbocycles. The molecule has 0 aliphatic carbocycles. The topological polar surface area (TPSA) is 102 Å². The first-order chi connectivity index (χ1) is 13.9. The number of benzene rings is 2. The first-order valence-corrected chi connectivity index (χ1v) is 10.1. The molecule has 0 spiro atoms. The van der Waals surface area contributed by atoms with Crippen LogP contribution in [-0.4, -0.2) is 32.9 Å². The lowest BCUT2D eigenvalue weighted by molar-refractivity contribution is -0.151. The summed E-state index contributed by atoms with van der Waals surface area (Å²) in [5, 5.41) is 2.21. The predicted molar refractivity (Wildman–Crippen MR) is 102 cm³/mol. The smallest absolute Gasteiger partial charge is 0.416 e. The minimum atomic E-state index is -4.58. The van der Waals surface area contributed by atoms with Gasteiger partial charge < -0.3 is 10.1 Å². The quantitative estimate of drug-likeness (QED) is 0.640. The fraction of sp³-hybridized carbons (Fsp3) is 0.263. The van der Waals surface area contributed by atoms with Crippen LogP contribution in [0, 0.1) is 6.92 Å². The molecule has 0 saturated carbocycles. The third kappa shape index (κ3) is 6.56. The summed E-state index contributed by atoms with van der Waals surface area (Å²) in [4.78, 5) is 23.9. The standard InChI is InChI=1S/C19H19F3N2O5S/c1-12-6-8-16(9-7-12)30(27,28)23-11-17(25)29-13(2)18(26)24-15-5-3-4-14(10-15)19(20,21)22/h3-10,13,23H,11H2,1-2H3,(H,24,26). The van der Waals surface area contributed by atoms with Gasteiger partial charge in [-0.2, -0.15) is 17.9 Å². The maximum absolute atomic E-state index is 12.7. The van der Waals surface area contributed by atoms with Crippen molar-refractivity contribution >= 4 is 27.6 Å². The monoisotopic (exact) mass is 444 g/mol. The van der Waals surface area contributed by atoms with E-state index >= 15 is 0 Å². The Morgan fingerprint density at radius 2 is 1.73 bits per heavy atom. The molecule has 162 valence electrons. The van der Waals surface area contributed by atoms with Crippen molar-refractivity contribution in [3.8, 4) is 0 Å². The fourth-order valence-corrected chi connectivity index (χ4v) is 3.23. The van der Waals surface area contributed by atoms with E-state index in [9.17, 15) is 31.2 Å². The highest BCUT2D eigenvalue weighted by molar-refractivity contribution is 7.89. The third-order valence-corrected chi connectivity index (χ3v) is 5.29. The van der Waals surface area contributed by atoms with Crippen molar-refractivity contribution in [2.75, 3.05) is 11.9 Å². The number of carbonyl (C=O) groups is 2. The number of ether oxygens (including phenoxy) is 1. The second-order valence-corrected chi connectivity index (χ2v) is 8.10. The number of halogens is 3. The van der Waals surface area contributed by atoms with Gasteiger partial charge in [-0.05, 0) is 44.2 Å². The summed E-state index contributed by atoms with van der Waals surface area (Å²) in [5.74, 6) is -1.90.